The van der Waals surface area contributed by atoms with Crippen molar-refractivity contribution >= 4 is 23.0 Å². The molecular weight excluding hydrogens is 404 g/mol. The Hall–Kier alpha value is -3.54. The predicted molar refractivity (Wildman–Crippen MR) is 113 cm³/mol. The molecule has 3 rings (SSSR count). The van der Waals surface area contributed by atoms with Gasteiger partial charge in [0.25, 0.3) is 0 Å². The Bertz CT molecular complexity index is 1180. The standard InChI is InChI=1S/C24H16ClF2N3/c1-2-3-17-13-22(26)20(23(27)14-17)10-6-16-4-8-19(9-5-16)29-30-24-11-7-18(15-28)12-21(24)25/h4-5,7-9,11-14H,2-3H2,1H3. The van der Waals surface area contributed by atoms with Crippen molar-refractivity contribution in [2.24, 2.45) is 10.2 Å². The highest BCUT2D eigenvalue weighted by molar-refractivity contribution is 6.33. The molecular formula is C24H16ClF2N3. The second-order valence-electron chi connectivity index (χ2n) is 6.46. The van der Waals surface area contributed by atoms with Gasteiger partial charge in [-0.3, -0.25) is 0 Å². The molecule has 3 aromatic rings. The lowest BCUT2D eigenvalue weighted by atomic mass is 10.1. The molecule has 0 amide bonds. The highest BCUT2D eigenvalue weighted by Crippen LogP contribution is 2.27. The fourth-order valence-corrected chi connectivity index (χ4v) is 2.91. The zero-order valence-electron chi connectivity index (χ0n) is 16.1. The molecule has 0 bridgehead atoms. The first kappa shape index (κ1) is 21.2. The average molecular weight is 420 g/mol. The van der Waals surface area contributed by atoms with Crippen LogP contribution >= 0.6 is 11.6 Å². The van der Waals surface area contributed by atoms with E-state index in [4.69, 9.17) is 16.9 Å². The molecule has 0 atom stereocenters. The van der Waals surface area contributed by atoms with E-state index in [9.17, 15) is 8.78 Å². The van der Waals surface area contributed by atoms with Gasteiger partial charge in [0.1, 0.15) is 17.3 Å². The SMILES string of the molecule is CCCc1cc(F)c(C#Cc2ccc(N=Nc3ccc(C#N)cc3Cl)cc2)c(F)c1. The molecule has 0 spiro atoms. The van der Waals surface area contributed by atoms with E-state index in [0.29, 0.717) is 39.5 Å². The van der Waals surface area contributed by atoms with Crippen LogP contribution in [0.2, 0.25) is 5.02 Å². The summed E-state index contributed by atoms with van der Waals surface area (Å²) >= 11 is 6.07. The fraction of sp³-hybridized carbons (Fsp3) is 0.125. The Balaban J connectivity index is 1.76. The van der Waals surface area contributed by atoms with Gasteiger partial charge in [-0.05, 0) is 66.6 Å². The van der Waals surface area contributed by atoms with E-state index < -0.39 is 11.6 Å². The quantitative estimate of drug-likeness (QED) is 0.324. The van der Waals surface area contributed by atoms with E-state index in [2.05, 4.69) is 22.1 Å². The van der Waals surface area contributed by atoms with Crippen LogP contribution in [0.1, 0.15) is 35.6 Å². The fourth-order valence-electron chi connectivity index (χ4n) is 2.69. The van der Waals surface area contributed by atoms with Crippen molar-refractivity contribution in [3.8, 4) is 17.9 Å². The summed E-state index contributed by atoms with van der Waals surface area (Å²) in [6.07, 6.45) is 1.43. The van der Waals surface area contributed by atoms with Gasteiger partial charge < -0.3 is 0 Å². The lowest BCUT2D eigenvalue weighted by molar-refractivity contribution is 0.573. The Morgan fingerprint density at radius 3 is 2.17 bits per heavy atom. The predicted octanol–water partition coefficient (Wildman–Crippen LogP) is 7.26. The Morgan fingerprint density at radius 2 is 1.57 bits per heavy atom. The van der Waals surface area contributed by atoms with Crippen LogP contribution in [-0.2, 0) is 6.42 Å². The van der Waals surface area contributed by atoms with Crippen molar-refractivity contribution in [1.29, 1.82) is 5.26 Å². The molecule has 30 heavy (non-hydrogen) atoms. The maximum atomic E-state index is 14.1. The lowest BCUT2D eigenvalue weighted by Crippen LogP contribution is -1.94. The van der Waals surface area contributed by atoms with Gasteiger partial charge in [0.05, 0.1) is 27.9 Å². The number of halogens is 3. The molecule has 148 valence electrons. The van der Waals surface area contributed by atoms with Crippen molar-refractivity contribution in [2.75, 3.05) is 0 Å². The van der Waals surface area contributed by atoms with E-state index in [1.807, 2.05) is 13.0 Å². The van der Waals surface area contributed by atoms with Gasteiger partial charge in [0, 0.05) is 5.56 Å². The molecule has 0 unspecified atom stereocenters. The topological polar surface area (TPSA) is 48.5 Å². The van der Waals surface area contributed by atoms with Gasteiger partial charge in [-0.1, -0.05) is 36.8 Å². The van der Waals surface area contributed by atoms with Gasteiger partial charge in [-0.15, -0.1) is 5.11 Å². The first-order valence-electron chi connectivity index (χ1n) is 9.21. The van der Waals surface area contributed by atoms with E-state index in [1.165, 1.54) is 18.2 Å². The van der Waals surface area contributed by atoms with Crippen LogP contribution in [0.15, 0.2) is 64.8 Å². The average Bonchev–Trinajstić information content (AvgIpc) is 2.73. The molecule has 0 heterocycles. The summed E-state index contributed by atoms with van der Waals surface area (Å²) in [4.78, 5) is 0. The van der Waals surface area contributed by atoms with Crippen LogP contribution < -0.4 is 0 Å². The van der Waals surface area contributed by atoms with Crippen molar-refractivity contribution in [3.05, 3.63) is 93.5 Å². The van der Waals surface area contributed by atoms with Gasteiger partial charge in [0.15, 0.2) is 0 Å². The van der Waals surface area contributed by atoms with Crippen molar-refractivity contribution < 1.29 is 8.78 Å². The molecule has 0 aromatic heterocycles. The molecule has 0 N–H and O–H groups in total. The molecule has 0 saturated carbocycles. The summed E-state index contributed by atoms with van der Waals surface area (Å²) in [6.45, 7) is 1.95. The number of hydrogen-bond acceptors (Lipinski definition) is 3. The molecule has 6 heteroatoms. The second kappa shape index (κ2) is 9.78. The Morgan fingerprint density at radius 1 is 0.900 bits per heavy atom. The normalized spacial score (nSPS) is 10.5. The molecule has 0 fully saturated rings. The third-order valence-electron chi connectivity index (χ3n) is 4.19. The van der Waals surface area contributed by atoms with E-state index in [1.54, 1.807) is 36.4 Å². The number of azo groups is 1. The summed E-state index contributed by atoms with van der Waals surface area (Å²) in [6, 6.07) is 16.1. The summed E-state index contributed by atoms with van der Waals surface area (Å²) in [5.74, 6) is 4.01. The number of hydrogen-bond donors (Lipinski definition) is 0. The highest BCUT2D eigenvalue weighted by atomic mass is 35.5. The smallest absolute Gasteiger partial charge is 0.142 e. The van der Waals surface area contributed by atoms with Crippen molar-refractivity contribution in [2.45, 2.75) is 19.8 Å². The largest absolute Gasteiger partial charge is 0.206 e. The van der Waals surface area contributed by atoms with Crippen LogP contribution in [-0.4, -0.2) is 0 Å². The number of benzene rings is 3. The molecule has 3 aromatic carbocycles. The molecule has 0 aliphatic rings. The third-order valence-corrected chi connectivity index (χ3v) is 4.49. The van der Waals surface area contributed by atoms with Crippen LogP contribution in [0.25, 0.3) is 0 Å². The summed E-state index contributed by atoms with van der Waals surface area (Å²) in [5, 5.41) is 17.3. The maximum absolute atomic E-state index is 14.1. The van der Waals surface area contributed by atoms with E-state index >= 15 is 0 Å². The molecule has 0 aliphatic carbocycles. The Labute approximate surface area is 178 Å². The lowest BCUT2D eigenvalue weighted by Gasteiger charge is -2.02. The summed E-state index contributed by atoms with van der Waals surface area (Å²) < 4.78 is 28.3. The highest BCUT2D eigenvalue weighted by Gasteiger charge is 2.08. The van der Waals surface area contributed by atoms with Crippen LogP contribution in [0.3, 0.4) is 0 Å². The number of nitriles is 1. The van der Waals surface area contributed by atoms with Gasteiger partial charge in [-0.2, -0.15) is 10.4 Å². The summed E-state index contributed by atoms with van der Waals surface area (Å²) in [7, 11) is 0. The van der Waals surface area contributed by atoms with Gasteiger partial charge in [-0.25, -0.2) is 8.78 Å². The number of nitrogens with zero attached hydrogens (tertiary/aromatic N) is 3. The zero-order chi connectivity index (χ0) is 21.5. The molecule has 3 nitrogen and oxygen atoms in total. The maximum Gasteiger partial charge on any atom is 0.142 e. The van der Waals surface area contributed by atoms with Crippen LogP contribution in [0, 0.1) is 34.8 Å². The minimum atomic E-state index is -0.657. The van der Waals surface area contributed by atoms with Gasteiger partial charge >= 0.3 is 0 Å². The molecule has 0 radical (unpaired) electrons. The number of aryl methyl sites for hydroxylation is 1. The first-order valence-corrected chi connectivity index (χ1v) is 9.59. The van der Waals surface area contributed by atoms with Crippen molar-refractivity contribution in [3.63, 3.8) is 0 Å². The zero-order valence-corrected chi connectivity index (χ0v) is 16.8. The number of rotatable bonds is 4. The van der Waals surface area contributed by atoms with E-state index in [-0.39, 0.29) is 5.56 Å². The van der Waals surface area contributed by atoms with E-state index in [0.717, 1.165) is 6.42 Å². The van der Waals surface area contributed by atoms with Crippen LogP contribution in [0.5, 0.6) is 0 Å². The monoisotopic (exact) mass is 419 g/mol. The molecule has 0 saturated heterocycles. The van der Waals surface area contributed by atoms with Crippen LogP contribution in [0.4, 0.5) is 20.2 Å². The third kappa shape index (κ3) is 5.29. The van der Waals surface area contributed by atoms with Crippen molar-refractivity contribution in [1.82, 2.24) is 0 Å². The molecule has 0 aliphatic heterocycles. The second-order valence-corrected chi connectivity index (χ2v) is 6.87. The minimum absolute atomic E-state index is 0.242. The Kier molecular flexibility index (Phi) is 6.91. The first-order chi connectivity index (χ1) is 14.5. The van der Waals surface area contributed by atoms with Gasteiger partial charge in [0.2, 0.25) is 0 Å². The summed E-state index contributed by atoms with van der Waals surface area (Å²) in [5.41, 5.74) is 2.40. The minimum Gasteiger partial charge on any atom is -0.206 e.